The van der Waals surface area contributed by atoms with Crippen LogP contribution in [0.2, 0.25) is 5.02 Å². The van der Waals surface area contributed by atoms with Gasteiger partial charge >= 0.3 is 5.97 Å². The molecule has 7 nitrogen and oxygen atoms in total. The Morgan fingerprint density at radius 3 is 2.40 bits per heavy atom. The van der Waals surface area contributed by atoms with Gasteiger partial charge in [0, 0.05) is 5.02 Å². The number of nitrogens with zero attached hydrogens (tertiary/aromatic N) is 2. The van der Waals surface area contributed by atoms with Gasteiger partial charge in [-0.25, -0.2) is 9.79 Å². The van der Waals surface area contributed by atoms with Crippen LogP contribution in [0.25, 0.3) is 6.08 Å². The van der Waals surface area contributed by atoms with Crippen LogP contribution in [0.4, 0.5) is 0 Å². The summed E-state index contributed by atoms with van der Waals surface area (Å²) in [5, 5.41) is 0.667. The maximum Gasteiger partial charge on any atom is 0.338 e. The molecule has 0 radical (unpaired) electrons. The van der Waals surface area contributed by atoms with Crippen molar-refractivity contribution in [1.29, 1.82) is 0 Å². The van der Waals surface area contributed by atoms with Crippen molar-refractivity contribution in [2.45, 2.75) is 40.3 Å². The average molecular weight is 603 g/mol. The lowest BCUT2D eigenvalue weighted by Gasteiger charge is -2.24. The van der Waals surface area contributed by atoms with Gasteiger partial charge in [0.05, 0.1) is 35.1 Å². The second-order valence-electron chi connectivity index (χ2n) is 9.77. The number of allylic oxidation sites excluding steroid dienone is 1. The molecule has 5 rings (SSSR count). The van der Waals surface area contributed by atoms with Crippen molar-refractivity contribution in [2.75, 3.05) is 13.2 Å². The number of hydrogen-bond acceptors (Lipinski definition) is 7. The molecule has 1 aromatic heterocycles. The third kappa shape index (κ3) is 6.20. The van der Waals surface area contributed by atoms with Crippen molar-refractivity contribution in [1.82, 2.24) is 4.57 Å². The van der Waals surface area contributed by atoms with Crippen molar-refractivity contribution >= 4 is 35.0 Å². The Hall–Kier alpha value is -4.14. The summed E-state index contributed by atoms with van der Waals surface area (Å²) in [5.41, 5.74) is 4.30. The second-order valence-corrected chi connectivity index (χ2v) is 11.2. The number of aromatic nitrogens is 1. The predicted octanol–water partition coefficient (Wildman–Crippen LogP) is 5.74. The zero-order valence-corrected chi connectivity index (χ0v) is 25.4. The molecule has 0 amide bonds. The number of halogens is 1. The van der Waals surface area contributed by atoms with Crippen LogP contribution in [0.5, 0.6) is 11.5 Å². The molecule has 0 spiro atoms. The number of benzene rings is 3. The third-order valence-corrected chi connectivity index (χ3v) is 8.02. The van der Waals surface area contributed by atoms with Crippen LogP contribution < -0.4 is 24.4 Å². The van der Waals surface area contributed by atoms with Crippen molar-refractivity contribution in [3.63, 3.8) is 0 Å². The van der Waals surface area contributed by atoms with Crippen LogP contribution >= 0.6 is 22.9 Å². The van der Waals surface area contributed by atoms with Crippen LogP contribution in [0.1, 0.15) is 49.1 Å². The molecule has 0 fully saturated rings. The molecular formula is C33H31ClN2O5S. The Morgan fingerprint density at radius 2 is 1.71 bits per heavy atom. The Kier molecular flexibility index (Phi) is 8.94. The van der Waals surface area contributed by atoms with Crippen molar-refractivity contribution in [3.05, 3.63) is 125 Å². The number of carbonyl (C=O) groups excluding carboxylic acids is 1. The number of thiazole rings is 1. The number of esters is 1. The van der Waals surface area contributed by atoms with Gasteiger partial charge in [0.25, 0.3) is 5.56 Å². The van der Waals surface area contributed by atoms with E-state index in [9.17, 15) is 9.59 Å². The highest BCUT2D eigenvalue weighted by molar-refractivity contribution is 7.07. The molecule has 2 heterocycles. The van der Waals surface area contributed by atoms with E-state index in [0.717, 1.165) is 22.3 Å². The van der Waals surface area contributed by atoms with Crippen molar-refractivity contribution in [2.24, 2.45) is 4.99 Å². The summed E-state index contributed by atoms with van der Waals surface area (Å²) in [4.78, 5) is 32.2. The van der Waals surface area contributed by atoms with Crippen LogP contribution in [-0.2, 0) is 16.1 Å². The van der Waals surface area contributed by atoms with Gasteiger partial charge in [0.2, 0.25) is 0 Å². The molecule has 1 atom stereocenters. The van der Waals surface area contributed by atoms with Gasteiger partial charge in [0.15, 0.2) is 16.3 Å². The SMILES string of the molecule is CCOC(=O)C1=C(C)N=c2sc(=Cc3ccc(OCc4ccc(Cl)cc4)c(OCC)c3)c(=O)n2C1c1ccc(C)cc1. The van der Waals surface area contributed by atoms with Gasteiger partial charge in [0.1, 0.15) is 6.61 Å². The number of fused-ring (bicyclic) bond motifs is 1. The number of hydrogen-bond donors (Lipinski definition) is 0. The summed E-state index contributed by atoms with van der Waals surface area (Å²) in [5.74, 6) is 0.694. The Bertz CT molecular complexity index is 1820. The monoisotopic (exact) mass is 602 g/mol. The van der Waals surface area contributed by atoms with E-state index in [-0.39, 0.29) is 12.2 Å². The quantitative estimate of drug-likeness (QED) is 0.228. The first-order valence-electron chi connectivity index (χ1n) is 13.7. The Balaban J connectivity index is 1.54. The van der Waals surface area contributed by atoms with Crippen LogP contribution in [-0.4, -0.2) is 23.8 Å². The lowest BCUT2D eigenvalue weighted by atomic mass is 9.95. The summed E-state index contributed by atoms with van der Waals surface area (Å²) in [6.45, 7) is 8.47. The highest BCUT2D eigenvalue weighted by Crippen LogP contribution is 2.32. The zero-order valence-electron chi connectivity index (χ0n) is 23.8. The number of rotatable bonds is 9. The molecule has 42 heavy (non-hydrogen) atoms. The van der Waals surface area contributed by atoms with Gasteiger partial charge in [-0.2, -0.15) is 0 Å². The third-order valence-electron chi connectivity index (χ3n) is 6.78. The highest BCUT2D eigenvalue weighted by Gasteiger charge is 2.33. The number of aryl methyl sites for hydroxylation is 1. The minimum Gasteiger partial charge on any atom is -0.490 e. The van der Waals surface area contributed by atoms with Gasteiger partial charge in [-0.3, -0.25) is 9.36 Å². The van der Waals surface area contributed by atoms with Crippen LogP contribution in [0.15, 0.2) is 87.8 Å². The summed E-state index contributed by atoms with van der Waals surface area (Å²) in [6, 6.07) is 20.2. The van der Waals surface area contributed by atoms with Gasteiger partial charge < -0.3 is 14.2 Å². The van der Waals surface area contributed by atoms with Gasteiger partial charge in [-0.15, -0.1) is 0 Å². The smallest absolute Gasteiger partial charge is 0.338 e. The molecule has 216 valence electrons. The summed E-state index contributed by atoms with van der Waals surface area (Å²) in [6.07, 6.45) is 1.81. The molecule has 0 saturated carbocycles. The topological polar surface area (TPSA) is 79.1 Å². The van der Waals surface area contributed by atoms with E-state index in [1.807, 2.05) is 86.7 Å². The number of carbonyl (C=O) groups is 1. The van der Waals surface area contributed by atoms with E-state index >= 15 is 0 Å². The lowest BCUT2D eigenvalue weighted by Crippen LogP contribution is -2.39. The molecule has 3 aromatic carbocycles. The molecular weight excluding hydrogens is 572 g/mol. The Morgan fingerprint density at radius 1 is 0.976 bits per heavy atom. The summed E-state index contributed by atoms with van der Waals surface area (Å²) < 4.78 is 19.4. The minimum absolute atomic E-state index is 0.224. The normalized spacial score (nSPS) is 14.8. The maximum atomic E-state index is 13.9. The first kappa shape index (κ1) is 29.4. The van der Waals surface area contributed by atoms with E-state index in [1.54, 1.807) is 18.4 Å². The van der Waals surface area contributed by atoms with Crippen molar-refractivity contribution < 1.29 is 19.0 Å². The predicted molar refractivity (Wildman–Crippen MR) is 165 cm³/mol. The van der Waals surface area contributed by atoms with Crippen molar-refractivity contribution in [3.8, 4) is 11.5 Å². The minimum atomic E-state index is -0.648. The summed E-state index contributed by atoms with van der Waals surface area (Å²) >= 11 is 7.27. The maximum absolute atomic E-state index is 13.9. The molecule has 0 aliphatic carbocycles. The Labute approximate surface area is 253 Å². The molecule has 4 aromatic rings. The standard InChI is InChI=1S/C33H31ClN2O5S/c1-5-39-27-17-23(11-16-26(27)41-19-22-9-14-25(34)15-10-22)18-28-31(37)36-30(24-12-7-20(3)8-13-24)29(32(38)40-6-2)21(4)35-33(36)42-28/h7-18,30H,5-6,19H2,1-4H3. The lowest BCUT2D eigenvalue weighted by molar-refractivity contribution is -0.139. The molecule has 0 N–H and O–H groups in total. The zero-order chi connectivity index (χ0) is 29.8. The van der Waals surface area contributed by atoms with E-state index in [0.29, 0.717) is 50.3 Å². The molecule has 0 saturated heterocycles. The van der Waals surface area contributed by atoms with Crippen LogP contribution in [0.3, 0.4) is 0 Å². The highest BCUT2D eigenvalue weighted by atomic mass is 35.5. The first-order valence-corrected chi connectivity index (χ1v) is 14.9. The van der Waals surface area contributed by atoms with E-state index in [4.69, 9.17) is 25.8 Å². The molecule has 9 heteroatoms. The molecule has 0 bridgehead atoms. The molecule has 1 unspecified atom stereocenters. The van der Waals surface area contributed by atoms with Crippen LogP contribution in [0, 0.1) is 6.92 Å². The van der Waals surface area contributed by atoms with E-state index < -0.39 is 12.0 Å². The van der Waals surface area contributed by atoms with Gasteiger partial charge in [-0.1, -0.05) is 71.0 Å². The number of ether oxygens (including phenoxy) is 3. The first-order chi connectivity index (χ1) is 20.3. The van der Waals surface area contributed by atoms with E-state index in [2.05, 4.69) is 4.99 Å². The molecule has 1 aliphatic heterocycles. The largest absolute Gasteiger partial charge is 0.490 e. The molecule has 1 aliphatic rings. The fraction of sp³-hybridized carbons (Fsp3) is 0.242. The van der Waals surface area contributed by atoms with E-state index in [1.165, 1.54) is 11.3 Å². The second kappa shape index (κ2) is 12.8. The fourth-order valence-corrected chi connectivity index (χ4v) is 5.92. The van der Waals surface area contributed by atoms with Gasteiger partial charge in [-0.05, 0) is 74.7 Å². The summed E-state index contributed by atoms with van der Waals surface area (Å²) in [7, 11) is 0. The fourth-order valence-electron chi connectivity index (χ4n) is 4.75. The average Bonchev–Trinajstić information content (AvgIpc) is 3.27.